The number of hydrogen-bond acceptors (Lipinski definition) is 5. The molecule has 1 unspecified atom stereocenters. The van der Waals surface area contributed by atoms with Gasteiger partial charge in [-0.1, -0.05) is 0 Å². The minimum Gasteiger partial charge on any atom is -0.395 e. The lowest BCUT2D eigenvalue weighted by molar-refractivity contribution is -0.286. The average Bonchev–Trinajstić information content (AvgIpc) is 3.01. The number of aliphatic hydroxyl groups excluding tert-OH is 1. The van der Waals surface area contributed by atoms with Gasteiger partial charge in [0.05, 0.1) is 12.6 Å². The van der Waals surface area contributed by atoms with E-state index in [-0.39, 0.29) is 18.0 Å². The summed E-state index contributed by atoms with van der Waals surface area (Å²) in [6.45, 7) is 0.582. The van der Waals surface area contributed by atoms with E-state index in [1.807, 2.05) is 0 Å². The Kier molecular flexibility index (Phi) is 3.38. The topological polar surface area (TPSA) is 68.5 Å². The van der Waals surface area contributed by atoms with Gasteiger partial charge < -0.3 is 19.9 Å². The number of alkyl halides is 2. The molecule has 0 aliphatic carbocycles. The molecular formula is C13H13F2N3O3. The van der Waals surface area contributed by atoms with Crippen LogP contribution in [0.4, 0.5) is 14.5 Å². The van der Waals surface area contributed by atoms with Crippen LogP contribution < -0.4 is 14.8 Å². The number of nitrogens with zero attached hydrogens (tertiary/aromatic N) is 2. The monoisotopic (exact) mass is 297 g/mol. The minimum atomic E-state index is -3.62. The van der Waals surface area contributed by atoms with E-state index in [9.17, 15) is 13.9 Å². The summed E-state index contributed by atoms with van der Waals surface area (Å²) in [6.07, 6.45) is -0.929. The number of ether oxygens (including phenoxy) is 2. The summed E-state index contributed by atoms with van der Waals surface area (Å²) >= 11 is 0. The quantitative estimate of drug-likeness (QED) is 0.879. The Morgan fingerprint density at radius 3 is 2.90 bits per heavy atom. The van der Waals surface area contributed by atoms with Crippen molar-refractivity contribution in [3.8, 4) is 11.5 Å². The number of nitrogens with one attached hydrogen (secondary N) is 1. The Hall–Kier alpha value is -2.35. The maximum absolute atomic E-state index is 12.9. The van der Waals surface area contributed by atoms with Crippen LogP contribution in [0.15, 0.2) is 36.7 Å². The third-order valence-electron chi connectivity index (χ3n) is 2.90. The fraction of sp³-hybridized carbons (Fsp3) is 0.308. The van der Waals surface area contributed by atoms with E-state index in [1.165, 1.54) is 12.1 Å². The predicted octanol–water partition coefficient (Wildman–Crippen LogP) is 1.68. The van der Waals surface area contributed by atoms with E-state index in [2.05, 4.69) is 19.9 Å². The van der Waals surface area contributed by atoms with Crippen molar-refractivity contribution in [2.24, 2.45) is 0 Å². The first-order chi connectivity index (χ1) is 10.0. The number of anilines is 1. The summed E-state index contributed by atoms with van der Waals surface area (Å²) < 4.78 is 36.0. The first kappa shape index (κ1) is 13.6. The standard InChI is InChI=1S/C13H13F2N3O3/c14-13(15)20-11-3-2-9(6-12(11)21-13)16-7-10(19)8-18-5-1-4-17-18/h1-6,10,16,19H,7-8H2. The summed E-state index contributed by atoms with van der Waals surface area (Å²) in [5.74, 6) is -0.0470. The highest BCUT2D eigenvalue weighted by Crippen LogP contribution is 2.42. The number of benzene rings is 1. The van der Waals surface area contributed by atoms with Crippen LogP contribution in [-0.4, -0.2) is 33.8 Å². The first-order valence-corrected chi connectivity index (χ1v) is 6.31. The van der Waals surface area contributed by atoms with Gasteiger partial charge in [0.15, 0.2) is 11.5 Å². The maximum atomic E-state index is 12.9. The van der Waals surface area contributed by atoms with Gasteiger partial charge in [-0.2, -0.15) is 5.10 Å². The minimum absolute atomic E-state index is 0.0114. The summed E-state index contributed by atoms with van der Waals surface area (Å²) in [4.78, 5) is 0. The Bertz CT molecular complexity index is 619. The summed E-state index contributed by atoms with van der Waals surface area (Å²) in [5.41, 5.74) is 0.551. The second kappa shape index (κ2) is 5.21. The van der Waals surface area contributed by atoms with Gasteiger partial charge in [-0.3, -0.25) is 4.68 Å². The van der Waals surface area contributed by atoms with Crippen molar-refractivity contribution >= 4 is 5.69 Å². The van der Waals surface area contributed by atoms with Crippen LogP contribution in [0.5, 0.6) is 11.5 Å². The van der Waals surface area contributed by atoms with Gasteiger partial charge in [0.25, 0.3) is 0 Å². The molecule has 1 atom stereocenters. The van der Waals surface area contributed by atoms with Crippen LogP contribution in [0.25, 0.3) is 0 Å². The van der Waals surface area contributed by atoms with E-state index >= 15 is 0 Å². The molecule has 3 rings (SSSR count). The molecule has 0 saturated carbocycles. The van der Waals surface area contributed by atoms with Gasteiger partial charge in [-0.05, 0) is 18.2 Å². The molecule has 1 aliphatic rings. The molecule has 8 heteroatoms. The molecule has 2 aromatic rings. The molecular weight excluding hydrogens is 284 g/mol. The van der Waals surface area contributed by atoms with Crippen LogP contribution in [0.1, 0.15) is 0 Å². The molecule has 0 radical (unpaired) electrons. The summed E-state index contributed by atoms with van der Waals surface area (Å²) in [7, 11) is 0. The van der Waals surface area contributed by atoms with Crippen molar-refractivity contribution in [2.75, 3.05) is 11.9 Å². The number of aliphatic hydroxyl groups is 1. The lowest BCUT2D eigenvalue weighted by atomic mass is 10.2. The highest BCUT2D eigenvalue weighted by atomic mass is 19.3. The average molecular weight is 297 g/mol. The molecule has 0 saturated heterocycles. The molecule has 6 nitrogen and oxygen atoms in total. The van der Waals surface area contributed by atoms with Crippen LogP contribution in [-0.2, 0) is 6.54 Å². The van der Waals surface area contributed by atoms with Crippen molar-refractivity contribution in [2.45, 2.75) is 18.9 Å². The van der Waals surface area contributed by atoms with Gasteiger partial charge in [0.1, 0.15) is 0 Å². The van der Waals surface area contributed by atoms with Gasteiger partial charge in [-0.25, -0.2) is 0 Å². The van der Waals surface area contributed by atoms with Gasteiger partial charge in [0.2, 0.25) is 0 Å². The molecule has 21 heavy (non-hydrogen) atoms. The SMILES string of the molecule is OC(CNc1ccc2c(c1)OC(F)(F)O2)Cn1cccn1. The predicted molar refractivity (Wildman–Crippen MR) is 69.4 cm³/mol. The highest BCUT2D eigenvalue weighted by molar-refractivity contribution is 5.56. The van der Waals surface area contributed by atoms with E-state index in [4.69, 9.17) is 0 Å². The Morgan fingerprint density at radius 1 is 1.33 bits per heavy atom. The zero-order valence-corrected chi connectivity index (χ0v) is 10.9. The van der Waals surface area contributed by atoms with Crippen molar-refractivity contribution in [3.63, 3.8) is 0 Å². The number of rotatable bonds is 5. The summed E-state index contributed by atoms with van der Waals surface area (Å²) in [5, 5.41) is 16.8. The van der Waals surface area contributed by atoms with Gasteiger partial charge in [-0.15, -0.1) is 8.78 Å². The van der Waals surface area contributed by atoms with Crippen LogP contribution >= 0.6 is 0 Å². The molecule has 1 aromatic heterocycles. The third kappa shape index (κ3) is 3.22. The van der Waals surface area contributed by atoms with Crippen LogP contribution in [0.3, 0.4) is 0 Å². The van der Waals surface area contributed by atoms with E-state index in [0.717, 1.165) is 0 Å². The van der Waals surface area contributed by atoms with Gasteiger partial charge in [0, 0.05) is 30.7 Å². The van der Waals surface area contributed by atoms with Gasteiger partial charge >= 0.3 is 6.29 Å². The molecule has 1 aromatic carbocycles. The molecule has 112 valence electrons. The molecule has 0 fully saturated rings. The first-order valence-electron chi connectivity index (χ1n) is 6.31. The van der Waals surface area contributed by atoms with Crippen LogP contribution in [0.2, 0.25) is 0 Å². The van der Waals surface area contributed by atoms with E-state index in [1.54, 1.807) is 29.2 Å². The lowest BCUT2D eigenvalue weighted by Crippen LogP contribution is -2.26. The lowest BCUT2D eigenvalue weighted by Gasteiger charge is -2.13. The molecule has 0 spiro atoms. The van der Waals surface area contributed by atoms with Crippen LogP contribution in [0, 0.1) is 0 Å². The fourth-order valence-corrected chi connectivity index (χ4v) is 1.98. The molecule has 0 amide bonds. The second-order valence-corrected chi connectivity index (χ2v) is 4.59. The molecule has 2 N–H and O–H groups in total. The van der Waals surface area contributed by atoms with Crippen molar-refractivity contribution in [3.05, 3.63) is 36.7 Å². The number of halogens is 2. The fourth-order valence-electron chi connectivity index (χ4n) is 1.98. The Labute approximate surface area is 118 Å². The van der Waals surface area contributed by atoms with Crippen molar-refractivity contribution in [1.29, 1.82) is 0 Å². The normalized spacial score (nSPS) is 16.7. The largest absolute Gasteiger partial charge is 0.586 e. The van der Waals surface area contributed by atoms with Crippen molar-refractivity contribution in [1.82, 2.24) is 9.78 Å². The zero-order chi connectivity index (χ0) is 14.9. The Balaban J connectivity index is 1.57. The van der Waals surface area contributed by atoms with Crippen molar-refractivity contribution < 1.29 is 23.4 Å². The number of fused-ring (bicyclic) bond motifs is 1. The Morgan fingerprint density at radius 2 is 2.14 bits per heavy atom. The molecule has 2 heterocycles. The number of hydrogen-bond donors (Lipinski definition) is 2. The van der Waals surface area contributed by atoms with E-state index < -0.39 is 12.4 Å². The molecule has 0 bridgehead atoms. The second-order valence-electron chi connectivity index (χ2n) is 4.59. The zero-order valence-electron chi connectivity index (χ0n) is 10.9. The summed E-state index contributed by atoms with van der Waals surface area (Å²) in [6, 6.07) is 6.12. The molecule has 1 aliphatic heterocycles. The smallest absolute Gasteiger partial charge is 0.395 e. The third-order valence-corrected chi connectivity index (χ3v) is 2.90. The highest BCUT2D eigenvalue weighted by Gasteiger charge is 2.43. The number of aromatic nitrogens is 2. The van der Waals surface area contributed by atoms with E-state index in [0.29, 0.717) is 12.2 Å². The maximum Gasteiger partial charge on any atom is 0.586 e.